The maximum atomic E-state index is 14.0. The number of likely N-dealkylation sites (tertiary alicyclic amines) is 2. The van der Waals surface area contributed by atoms with Gasteiger partial charge in [-0.2, -0.15) is 0 Å². The molecule has 3 N–H and O–H groups in total. The van der Waals surface area contributed by atoms with E-state index in [1.54, 1.807) is 29.5 Å². The van der Waals surface area contributed by atoms with Crippen molar-refractivity contribution in [3.63, 3.8) is 0 Å². The highest BCUT2D eigenvalue weighted by atomic mass is 32.1. The number of piperidine rings is 1. The smallest absolute Gasteiger partial charge is 0.336 e. The van der Waals surface area contributed by atoms with Crippen LogP contribution in [0.15, 0.2) is 29.1 Å². The Labute approximate surface area is 257 Å². The first-order valence-corrected chi connectivity index (χ1v) is 15.4. The fourth-order valence-corrected chi connectivity index (χ4v) is 7.08. The van der Waals surface area contributed by atoms with Crippen LogP contribution < -0.4 is 0 Å². The Bertz CT molecular complexity index is 1410. The number of aliphatic hydroxyl groups is 1. The van der Waals surface area contributed by atoms with Crippen LogP contribution in [0.4, 0.5) is 4.39 Å². The largest absolute Gasteiger partial charge is 0.481 e. The zero-order valence-corrected chi connectivity index (χ0v) is 25.2. The molecule has 5 rings (SSSR count). The van der Waals surface area contributed by atoms with E-state index in [1.165, 1.54) is 17.4 Å². The molecule has 2 fully saturated rings. The third kappa shape index (κ3) is 6.93. The summed E-state index contributed by atoms with van der Waals surface area (Å²) in [5.41, 5.74) is -0.0544. The number of benzene rings is 1. The second kappa shape index (κ2) is 12.5. The van der Waals surface area contributed by atoms with E-state index in [1.807, 2.05) is 5.38 Å². The van der Waals surface area contributed by atoms with Crippen molar-refractivity contribution < 1.29 is 48.4 Å². The number of carbonyl (C=O) groups excluding carboxylic acids is 2. The van der Waals surface area contributed by atoms with Gasteiger partial charge in [0, 0.05) is 44.4 Å². The van der Waals surface area contributed by atoms with Gasteiger partial charge in [-0.3, -0.25) is 14.4 Å². The summed E-state index contributed by atoms with van der Waals surface area (Å²) in [6.45, 7) is 4.23. The summed E-state index contributed by atoms with van der Waals surface area (Å²) in [5.74, 6) is -5.33. The van der Waals surface area contributed by atoms with E-state index in [0.717, 1.165) is 16.8 Å². The van der Waals surface area contributed by atoms with Gasteiger partial charge in [-0.05, 0) is 43.0 Å². The third-order valence-electron chi connectivity index (χ3n) is 8.88. The molecule has 1 amide bonds. The predicted molar refractivity (Wildman–Crippen MR) is 153 cm³/mol. The maximum Gasteiger partial charge on any atom is 0.336 e. The molecule has 3 unspecified atom stereocenters. The molecule has 0 saturated carbocycles. The number of fused-ring (bicyclic) bond motifs is 2. The Morgan fingerprint density at radius 1 is 1.16 bits per heavy atom. The van der Waals surface area contributed by atoms with E-state index in [2.05, 4.69) is 9.88 Å². The van der Waals surface area contributed by atoms with Crippen molar-refractivity contribution in [3.05, 3.63) is 51.7 Å². The number of nitrogens with zero attached hydrogens (tertiary/aromatic N) is 3. The average molecular weight is 634 g/mol. The molecule has 1 aromatic carbocycles. The van der Waals surface area contributed by atoms with Gasteiger partial charge in [0.25, 0.3) is 0 Å². The zero-order chi connectivity index (χ0) is 31.7. The molecule has 3 atom stereocenters. The molecule has 2 aromatic rings. The molecule has 1 spiro atoms. The Balaban J connectivity index is 1.22. The second-order valence-corrected chi connectivity index (χ2v) is 13.0. The first-order valence-electron chi connectivity index (χ1n) is 14.5. The van der Waals surface area contributed by atoms with Crippen LogP contribution in [-0.2, 0) is 47.3 Å². The van der Waals surface area contributed by atoms with Gasteiger partial charge in [-0.25, -0.2) is 14.2 Å². The van der Waals surface area contributed by atoms with Crippen molar-refractivity contribution in [3.8, 4) is 0 Å². The standard InChI is InChI=1S/C30H36FN3O9S/c1-28(43-25(37)13-29(41,27(39)40)12-24(35)36)4-9-34(17-28)26(38)20(10-22-16-44-18-32-22)14-33-7-5-30(6-8-33)23-11-21(31)3-2-19(23)15-42-30/h2-3,11,16,18,20,41H,4-10,12-15,17H2,1H3,(H,35,36)(H,39,40). The summed E-state index contributed by atoms with van der Waals surface area (Å²) < 4.78 is 25.8. The van der Waals surface area contributed by atoms with E-state index < -0.39 is 53.5 Å². The van der Waals surface area contributed by atoms with Gasteiger partial charge in [0.2, 0.25) is 5.91 Å². The molecule has 238 valence electrons. The Kier molecular flexibility index (Phi) is 9.08. The topological polar surface area (TPSA) is 167 Å². The van der Waals surface area contributed by atoms with Crippen molar-refractivity contribution >= 4 is 35.2 Å². The summed E-state index contributed by atoms with van der Waals surface area (Å²) in [5, 5.41) is 30.4. The lowest BCUT2D eigenvalue weighted by Crippen LogP contribution is -2.48. The van der Waals surface area contributed by atoms with E-state index in [9.17, 15) is 33.8 Å². The summed E-state index contributed by atoms with van der Waals surface area (Å²) in [7, 11) is 0. The minimum absolute atomic E-state index is 0.0644. The maximum absolute atomic E-state index is 14.0. The van der Waals surface area contributed by atoms with Crippen molar-refractivity contribution in [1.82, 2.24) is 14.8 Å². The van der Waals surface area contributed by atoms with Crippen LogP contribution in [0.1, 0.15) is 55.8 Å². The predicted octanol–water partition coefficient (Wildman–Crippen LogP) is 2.18. The number of halogens is 1. The number of carboxylic acid groups (broad SMARTS) is 2. The molecule has 0 radical (unpaired) electrons. The number of carbonyl (C=O) groups is 4. The van der Waals surface area contributed by atoms with Crippen molar-refractivity contribution in [2.24, 2.45) is 5.92 Å². The average Bonchev–Trinajstić information content (AvgIpc) is 3.68. The van der Waals surface area contributed by atoms with Crippen LogP contribution >= 0.6 is 11.3 Å². The van der Waals surface area contributed by atoms with Crippen LogP contribution in [0.2, 0.25) is 0 Å². The van der Waals surface area contributed by atoms with Crippen LogP contribution in [0, 0.1) is 11.7 Å². The number of ether oxygens (including phenoxy) is 2. The third-order valence-corrected chi connectivity index (χ3v) is 9.52. The highest BCUT2D eigenvalue weighted by Crippen LogP contribution is 2.44. The van der Waals surface area contributed by atoms with E-state index >= 15 is 0 Å². The minimum Gasteiger partial charge on any atom is -0.481 e. The molecule has 1 aromatic heterocycles. The van der Waals surface area contributed by atoms with Crippen molar-refractivity contribution in [2.45, 2.75) is 68.9 Å². The van der Waals surface area contributed by atoms with Gasteiger partial charge in [0.1, 0.15) is 11.4 Å². The number of hydrogen-bond donors (Lipinski definition) is 3. The van der Waals surface area contributed by atoms with Crippen molar-refractivity contribution in [2.75, 3.05) is 32.7 Å². The monoisotopic (exact) mass is 633 g/mol. The molecule has 44 heavy (non-hydrogen) atoms. The lowest BCUT2D eigenvalue weighted by molar-refractivity contribution is -0.176. The molecule has 3 aliphatic heterocycles. The fraction of sp³-hybridized carbons (Fsp3) is 0.567. The molecule has 4 heterocycles. The molecule has 0 aliphatic carbocycles. The number of thiazole rings is 1. The highest BCUT2D eigenvalue weighted by molar-refractivity contribution is 7.07. The fourth-order valence-electron chi connectivity index (χ4n) is 6.51. The lowest BCUT2D eigenvalue weighted by Gasteiger charge is -2.40. The summed E-state index contributed by atoms with van der Waals surface area (Å²) >= 11 is 1.44. The number of hydrogen-bond acceptors (Lipinski definition) is 10. The van der Waals surface area contributed by atoms with Crippen LogP contribution in [-0.4, -0.2) is 97.8 Å². The number of amides is 1. The van der Waals surface area contributed by atoms with Gasteiger partial charge in [0.15, 0.2) is 5.60 Å². The van der Waals surface area contributed by atoms with Gasteiger partial charge in [-0.1, -0.05) is 6.07 Å². The summed E-state index contributed by atoms with van der Waals surface area (Å²) in [6.07, 6.45) is -0.154. The number of carboxylic acids is 2. The van der Waals surface area contributed by atoms with Gasteiger partial charge >= 0.3 is 17.9 Å². The molecule has 12 nitrogen and oxygen atoms in total. The molecule has 2 saturated heterocycles. The Morgan fingerprint density at radius 2 is 1.91 bits per heavy atom. The quantitative estimate of drug-likeness (QED) is 0.311. The van der Waals surface area contributed by atoms with Crippen LogP contribution in [0.3, 0.4) is 0 Å². The first kappa shape index (κ1) is 31.9. The Morgan fingerprint density at radius 3 is 2.57 bits per heavy atom. The molecule has 14 heteroatoms. The minimum atomic E-state index is -2.81. The highest BCUT2D eigenvalue weighted by Gasteiger charge is 2.47. The van der Waals surface area contributed by atoms with Crippen LogP contribution in [0.25, 0.3) is 0 Å². The molecule has 0 bridgehead atoms. The van der Waals surface area contributed by atoms with Crippen molar-refractivity contribution in [1.29, 1.82) is 0 Å². The van der Waals surface area contributed by atoms with E-state index in [0.29, 0.717) is 52.0 Å². The zero-order valence-electron chi connectivity index (χ0n) is 24.4. The van der Waals surface area contributed by atoms with Crippen LogP contribution in [0.5, 0.6) is 0 Å². The van der Waals surface area contributed by atoms with E-state index in [4.69, 9.17) is 14.6 Å². The number of rotatable bonds is 11. The molecular formula is C30H36FN3O9S. The van der Waals surface area contributed by atoms with Gasteiger partial charge in [-0.15, -0.1) is 11.3 Å². The first-order chi connectivity index (χ1) is 20.8. The molecular weight excluding hydrogens is 597 g/mol. The van der Waals surface area contributed by atoms with Gasteiger partial charge < -0.3 is 34.6 Å². The number of esters is 1. The SMILES string of the molecule is CC1(OC(=O)CC(O)(CC(=O)O)C(=O)O)CCN(C(=O)C(Cc2cscn2)CN2CCC3(CC2)OCc2ccc(F)cc23)C1. The van der Waals surface area contributed by atoms with Gasteiger partial charge in [0.05, 0.1) is 48.7 Å². The summed E-state index contributed by atoms with van der Waals surface area (Å²) in [6, 6.07) is 4.79. The number of aromatic nitrogens is 1. The number of aliphatic carboxylic acids is 2. The second-order valence-electron chi connectivity index (χ2n) is 12.3. The summed E-state index contributed by atoms with van der Waals surface area (Å²) in [4.78, 5) is 57.2. The lowest BCUT2D eigenvalue weighted by atomic mass is 9.83. The molecule has 3 aliphatic rings. The Hall–Kier alpha value is -3.46. The normalized spacial score (nSPS) is 23.2. The van der Waals surface area contributed by atoms with E-state index in [-0.39, 0.29) is 24.7 Å².